The Labute approximate surface area is 169 Å². The number of anilines is 1. The van der Waals surface area contributed by atoms with Gasteiger partial charge in [-0.3, -0.25) is 4.79 Å². The van der Waals surface area contributed by atoms with Gasteiger partial charge in [0.2, 0.25) is 0 Å². The van der Waals surface area contributed by atoms with E-state index in [1.807, 2.05) is 37.3 Å². The molecule has 4 rings (SSSR count). The Morgan fingerprint density at radius 2 is 1.62 bits per heavy atom. The molecule has 1 amide bonds. The minimum atomic E-state index is -0.343. The van der Waals surface area contributed by atoms with Gasteiger partial charge in [0.15, 0.2) is 0 Å². The molecule has 144 valence electrons. The molecule has 4 aromatic rings. The van der Waals surface area contributed by atoms with Gasteiger partial charge in [-0.15, -0.1) is 0 Å². The number of aryl methyl sites for hydroxylation is 3. The zero-order valence-corrected chi connectivity index (χ0v) is 16.6. The van der Waals surface area contributed by atoms with E-state index >= 15 is 0 Å². The molecule has 3 nitrogen and oxygen atoms in total. The van der Waals surface area contributed by atoms with Crippen LogP contribution in [0.2, 0.25) is 0 Å². The van der Waals surface area contributed by atoms with Gasteiger partial charge in [0, 0.05) is 16.6 Å². The SMILES string of the molecule is Cc1ccc2nc(-c3ccc(C)c(C)c3)cc(C(=O)Nc3ccc(F)cc3)c2c1. The number of hydrogen-bond acceptors (Lipinski definition) is 2. The molecular weight excluding hydrogens is 363 g/mol. The van der Waals surface area contributed by atoms with E-state index in [1.165, 1.54) is 23.3 Å². The number of nitrogens with one attached hydrogen (secondary N) is 1. The Kier molecular flexibility index (Phi) is 4.85. The lowest BCUT2D eigenvalue weighted by Gasteiger charge is -2.12. The molecule has 0 atom stereocenters. The molecule has 0 saturated heterocycles. The van der Waals surface area contributed by atoms with Crippen LogP contribution < -0.4 is 5.32 Å². The maximum atomic E-state index is 13.2. The van der Waals surface area contributed by atoms with Crippen molar-refractivity contribution < 1.29 is 9.18 Å². The highest BCUT2D eigenvalue weighted by atomic mass is 19.1. The lowest BCUT2D eigenvalue weighted by Crippen LogP contribution is -2.13. The fraction of sp³-hybridized carbons (Fsp3) is 0.120. The Morgan fingerprint density at radius 1 is 0.862 bits per heavy atom. The van der Waals surface area contributed by atoms with E-state index in [4.69, 9.17) is 4.98 Å². The number of halogens is 1. The molecule has 0 unspecified atom stereocenters. The molecule has 1 aromatic heterocycles. The second-order valence-corrected chi connectivity index (χ2v) is 7.34. The van der Waals surface area contributed by atoms with Crippen molar-refractivity contribution in [3.8, 4) is 11.3 Å². The van der Waals surface area contributed by atoms with Crippen LogP contribution in [0.4, 0.5) is 10.1 Å². The summed E-state index contributed by atoms with van der Waals surface area (Å²) in [7, 11) is 0. The Morgan fingerprint density at radius 3 is 2.34 bits per heavy atom. The van der Waals surface area contributed by atoms with Crippen LogP contribution in [0.1, 0.15) is 27.0 Å². The van der Waals surface area contributed by atoms with Crippen molar-refractivity contribution in [3.63, 3.8) is 0 Å². The number of rotatable bonds is 3. The van der Waals surface area contributed by atoms with Gasteiger partial charge in [0.25, 0.3) is 5.91 Å². The molecule has 1 N–H and O–H groups in total. The van der Waals surface area contributed by atoms with Crippen LogP contribution in [-0.4, -0.2) is 10.9 Å². The smallest absolute Gasteiger partial charge is 0.256 e. The third kappa shape index (κ3) is 3.87. The summed E-state index contributed by atoms with van der Waals surface area (Å²) in [5.74, 6) is -0.593. The average molecular weight is 384 g/mol. The van der Waals surface area contributed by atoms with Crippen molar-refractivity contribution in [3.05, 3.63) is 94.8 Å². The first-order chi connectivity index (χ1) is 13.9. The number of carbonyl (C=O) groups is 1. The minimum Gasteiger partial charge on any atom is -0.322 e. The summed E-state index contributed by atoms with van der Waals surface area (Å²) in [6, 6.07) is 19.6. The molecule has 3 aromatic carbocycles. The van der Waals surface area contributed by atoms with Crippen LogP contribution in [0, 0.1) is 26.6 Å². The summed E-state index contributed by atoms with van der Waals surface area (Å²) >= 11 is 0. The number of pyridine rings is 1. The van der Waals surface area contributed by atoms with E-state index < -0.39 is 0 Å². The zero-order valence-electron chi connectivity index (χ0n) is 16.6. The van der Waals surface area contributed by atoms with Gasteiger partial charge in [-0.1, -0.05) is 23.8 Å². The third-order valence-electron chi connectivity index (χ3n) is 5.11. The largest absolute Gasteiger partial charge is 0.322 e. The zero-order chi connectivity index (χ0) is 20.5. The minimum absolute atomic E-state index is 0.250. The van der Waals surface area contributed by atoms with Crippen molar-refractivity contribution in [1.29, 1.82) is 0 Å². The van der Waals surface area contributed by atoms with E-state index in [0.717, 1.165) is 27.7 Å². The average Bonchev–Trinajstić information content (AvgIpc) is 2.71. The Balaban J connectivity index is 1.83. The van der Waals surface area contributed by atoms with E-state index in [1.54, 1.807) is 12.1 Å². The number of nitrogens with zero attached hydrogens (tertiary/aromatic N) is 1. The molecule has 0 saturated carbocycles. The normalized spacial score (nSPS) is 10.9. The monoisotopic (exact) mass is 384 g/mol. The van der Waals surface area contributed by atoms with Crippen molar-refractivity contribution in [1.82, 2.24) is 4.98 Å². The highest BCUT2D eigenvalue weighted by Crippen LogP contribution is 2.27. The standard InChI is InChI=1S/C25H21FN2O/c1-15-4-11-23-21(12-15)22(25(29)27-20-9-7-19(26)8-10-20)14-24(28-23)18-6-5-16(2)17(3)13-18/h4-14H,1-3H3,(H,27,29). The molecule has 0 radical (unpaired) electrons. The van der Waals surface area contributed by atoms with Crippen LogP contribution in [0.3, 0.4) is 0 Å². The van der Waals surface area contributed by atoms with Crippen molar-refractivity contribution >= 4 is 22.5 Å². The second-order valence-electron chi connectivity index (χ2n) is 7.34. The fourth-order valence-electron chi connectivity index (χ4n) is 3.31. The van der Waals surface area contributed by atoms with Gasteiger partial charge >= 0.3 is 0 Å². The maximum absolute atomic E-state index is 13.2. The van der Waals surface area contributed by atoms with Crippen molar-refractivity contribution in [2.75, 3.05) is 5.32 Å². The first-order valence-electron chi connectivity index (χ1n) is 9.47. The number of amides is 1. The number of fused-ring (bicyclic) bond motifs is 1. The molecule has 0 bridgehead atoms. The summed E-state index contributed by atoms with van der Waals surface area (Å²) in [5, 5.41) is 3.65. The number of carbonyl (C=O) groups excluding carboxylic acids is 1. The van der Waals surface area contributed by atoms with Gasteiger partial charge in [-0.25, -0.2) is 9.37 Å². The second kappa shape index (κ2) is 7.47. The Hall–Kier alpha value is -3.53. The third-order valence-corrected chi connectivity index (χ3v) is 5.11. The van der Waals surface area contributed by atoms with Gasteiger partial charge < -0.3 is 5.32 Å². The van der Waals surface area contributed by atoms with Crippen LogP contribution in [0.25, 0.3) is 22.2 Å². The summed E-state index contributed by atoms with van der Waals surface area (Å²) < 4.78 is 13.2. The lowest BCUT2D eigenvalue weighted by molar-refractivity contribution is 0.102. The molecule has 0 aliphatic heterocycles. The van der Waals surface area contributed by atoms with Crippen LogP contribution in [0.15, 0.2) is 66.7 Å². The predicted molar refractivity (Wildman–Crippen MR) is 116 cm³/mol. The van der Waals surface area contributed by atoms with E-state index in [-0.39, 0.29) is 11.7 Å². The molecule has 0 spiro atoms. The number of benzene rings is 3. The van der Waals surface area contributed by atoms with Crippen LogP contribution >= 0.6 is 0 Å². The summed E-state index contributed by atoms with van der Waals surface area (Å²) in [6.07, 6.45) is 0. The first kappa shape index (κ1) is 18.8. The van der Waals surface area contributed by atoms with E-state index in [2.05, 4.69) is 31.3 Å². The summed E-state index contributed by atoms with van der Waals surface area (Å²) in [4.78, 5) is 17.9. The summed E-state index contributed by atoms with van der Waals surface area (Å²) in [5.41, 5.74) is 6.98. The fourth-order valence-corrected chi connectivity index (χ4v) is 3.31. The quantitative estimate of drug-likeness (QED) is 0.456. The van der Waals surface area contributed by atoms with Crippen LogP contribution in [0.5, 0.6) is 0 Å². The molecule has 1 heterocycles. The van der Waals surface area contributed by atoms with Crippen molar-refractivity contribution in [2.45, 2.75) is 20.8 Å². The molecule has 0 aliphatic rings. The number of hydrogen-bond donors (Lipinski definition) is 1. The van der Waals surface area contributed by atoms with Gasteiger partial charge in [0.1, 0.15) is 5.82 Å². The highest BCUT2D eigenvalue weighted by Gasteiger charge is 2.15. The highest BCUT2D eigenvalue weighted by molar-refractivity contribution is 6.13. The van der Waals surface area contributed by atoms with Gasteiger partial charge in [-0.05, 0) is 80.4 Å². The Bertz CT molecular complexity index is 1230. The lowest BCUT2D eigenvalue weighted by atomic mass is 9.99. The predicted octanol–water partition coefficient (Wildman–Crippen LogP) is 6.22. The first-order valence-corrected chi connectivity index (χ1v) is 9.47. The van der Waals surface area contributed by atoms with Crippen molar-refractivity contribution in [2.24, 2.45) is 0 Å². The molecule has 0 aliphatic carbocycles. The molecular formula is C25H21FN2O. The van der Waals surface area contributed by atoms with E-state index in [9.17, 15) is 9.18 Å². The topological polar surface area (TPSA) is 42.0 Å². The van der Waals surface area contributed by atoms with Gasteiger partial charge in [0.05, 0.1) is 16.8 Å². The van der Waals surface area contributed by atoms with Gasteiger partial charge in [-0.2, -0.15) is 0 Å². The van der Waals surface area contributed by atoms with E-state index in [0.29, 0.717) is 11.3 Å². The summed E-state index contributed by atoms with van der Waals surface area (Å²) in [6.45, 7) is 6.11. The molecule has 4 heteroatoms. The number of aromatic nitrogens is 1. The van der Waals surface area contributed by atoms with Crippen LogP contribution in [-0.2, 0) is 0 Å². The molecule has 0 fully saturated rings. The maximum Gasteiger partial charge on any atom is 0.256 e. The molecule has 29 heavy (non-hydrogen) atoms.